The number of hydrogen-bond donors (Lipinski definition) is 2. The first-order chi connectivity index (χ1) is 15.6. The van der Waals surface area contributed by atoms with E-state index < -0.39 is 0 Å². The zero-order valence-corrected chi connectivity index (χ0v) is 18.6. The number of ether oxygens (including phenoxy) is 1. The summed E-state index contributed by atoms with van der Waals surface area (Å²) in [5.74, 6) is 0.940. The van der Waals surface area contributed by atoms with E-state index in [1.54, 1.807) is 0 Å². The Morgan fingerprint density at radius 2 is 1.69 bits per heavy atom. The molecule has 2 aromatic carbocycles. The Morgan fingerprint density at radius 1 is 0.969 bits per heavy atom. The monoisotopic (exact) mass is 430 g/mol. The van der Waals surface area contributed by atoms with Crippen molar-refractivity contribution in [2.45, 2.75) is 39.0 Å². The van der Waals surface area contributed by atoms with Crippen LogP contribution in [0.15, 0.2) is 72.9 Å². The first kappa shape index (κ1) is 21.8. The maximum absolute atomic E-state index is 12.5. The summed E-state index contributed by atoms with van der Waals surface area (Å²) in [6.45, 7) is 6.24. The molecule has 2 N–H and O–H groups in total. The van der Waals surface area contributed by atoms with Gasteiger partial charge in [0.2, 0.25) is 0 Å². The number of anilines is 2. The second-order valence-electron chi connectivity index (χ2n) is 8.31. The van der Waals surface area contributed by atoms with Crippen molar-refractivity contribution in [1.29, 1.82) is 0 Å². The number of urea groups is 1. The van der Waals surface area contributed by atoms with Gasteiger partial charge in [0.05, 0.1) is 12.2 Å². The molecule has 2 atom stereocenters. The van der Waals surface area contributed by atoms with Gasteiger partial charge >= 0.3 is 6.03 Å². The molecule has 6 heteroatoms. The zero-order chi connectivity index (χ0) is 22.3. The third kappa shape index (κ3) is 5.86. The molecule has 1 aromatic heterocycles. The number of carbonyl (C=O) groups excluding carboxylic acids is 1. The minimum atomic E-state index is -0.231. The number of para-hydroxylation sites is 1. The number of aromatic nitrogens is 1. The summed E-state index contributed by atoms with van der Waals surface area (Å²) in [7, 11) is 0. The first-order valence-corrected chi connectivity index (χ1v) is 11.1. The van der Waals surface area contributed by atoms with Crippen molar-refractivity contribution < 1.29 is 9.53 Å². The summed E-state index contributed by atoms with van der Waals surface area (Å²) in [6.07, 6.45) is 2.97. The maximum atomic E-state index is 12.5. The van der Waals surface area contributed by atoms with Gasteiger partial charge in [-0.05, 0) is 49.1 Å². The van der Waals surface area contributed by atoms with E-state index in [0.29, 0.717) is 6.54 Å². The molecule has 32 heavy (non-hydrogen) atoms. The highest BCUT2D eigenvalue weighted by Gasteiger charge is 2.23. The van der Waals surface area contributed by atoms with Gasteiger partial charge in [-0.15, -0.1) is 0 Å². The van der Waals surface area contributed by atoms with Crippen LogP contribution in [-0.2, 0) is 17.7 Å². The molecule has 1 aliphatic rings. The Bertz CT molecular complexity index is 1010. The fourth-order valence-electron chi connectivity index (χ4n) is 4.03. The number of pyridine rings is 1. The Kier molecular flexibility index (Phi) is 7.02. The van der Waals surface area contributed by atoms with Crippen molar-refractivity contribution in [2.75, 3.05) is 23.3 Å². The van der Waals surface area contributed by atoms with E-state index in [9.17, 15) is 4.79 Å². The number of carbonyl (C=O) groups is 1. The molecule has 2 amide bonds. The number of morpholine rings is 1. The average Bonchev–Trinajstić information content (AvgIpc) is 2.79. The van der Waals surface area contributed by atoms with Gasteiger partial charge in [-0.1, -0.05) is 54.6 Å². The molecule has 0 aliphatic carbocycles. The van der Waals surface area contributed by atoms with Crippen molar-refractivity contribution in [1.82, 2.24) is 10.3 Å². The van der Waals surface area contributed by atoms with Crippen LogP contribution >= 0.6 is 0 Å². The molecule has 0 bridgehead atoms. The van der Waals surface area contributed by atoms with Gasteiger partial charge in [0.1, 0.15) is 5.82 Å². The summed E-state index contributed by atoms with van der Waals surface area (Å²) in [5.41, 5.74) is 4.06. The lowest BCUT2D eigenvalue weighted by molar-refractivity contribution is -0.00546. The van der Waals surface area contributed by atoms with E-state index in [1.807, 2.05) is 60.8 Å². The molecule has 4 rings (SSSR count). The normalized spacial score (nSPS) is 18.2. The Labute approximate surface area is 189 Å². The Balaban J connectivity index is 1.32. The summed E-state index contributed by atoms with van der Waals surface area (Å²) < 4.78 is 5.79. The second-order valence-corrected chi connectivity index (χ2v) is 8.31. The van der Waals surface area contributed by atoms with Gasteiger partial charge in [-0.2, -0.15) is 0 Å². The fourth-order valence-corrected chi connectivity index (χ4v) is 4.03. The molecule has 0 saturated carbocycles. The smallest absolute Gasteiger partial charge is 0.319 e. The van der Waals surface area contributed by atoms with Crippen LogP contribution in [0.5, 0.6) is 0 Å². The molecule has 166 valence electrons. The van der Waals surface area contributed by atoms with Crippen LogP contribution in [0.3, 0.4) is 0 Å². The predicted molar refractivity (Wildman–Crippen MR) is 128 cm³/mol. The van der Waals surface area contributed by atoms with E-state index >= 15 is 0 Å². The predicted octanol–water partition coefficient (Wildman–Crippen LogP) is 4.61. The molecule has 1 fully saturated rings. The van der Waals surface area contributed by atoms with Gasteiger partial charge in [-0.25, -0.2) is 9.78 Å². The van der Waals surface area contributed by atoms with Crippen molar-refractivity contribution in [3.63, 3.8) is 0 Å². The summed E-state index contributed by atoms with van der Waals surface area (Å²) in [6, 6.07) is 21.9. The van der Waals surface area contributed by atoms with Crippen LogP contribution in [0, 0.1) is 0 Å². The summed E-state index contributed by atoms with van der Waals surface area (Å²) in [5, 5.41) is 5.91. The van der Waals surface area contributed by atoms with Crippen molar-refractivity contribution in [2.24, 2.45) is 0 Å². The van der Waals surface area contributed by atoms with Gasteiger partial charge in [0, 0.05) is 31.5 Å². The first-order valence-electron chi connectivity index (χ1n) is 11.1. The van der Waals surface area contributed by atoms with Gasteiger partial charge in [0.15, 0.2) is 0 Å². The van der Waals surface area contributed by atoms with Gasteiger partial charge in [-0.3, -0.25) is 0 Å². The van der Waals surface area contributed by atoms with Crippen molar-refractivity contribution >= 4 is 17.5 Å². The highest BCUT2D eigenvalue weighted by Crippen LogP contribution is 2.20. The molecular weight excluding hydrogens is 400 g/mol. The number of benzene rings is 2. The van der Waals surface area contributed by atoms with Crippen molar-refractivity contribution in [3.05, 3.63) is 89.6 Å². The van der Waals surface area contributed by atoms with E-state index in [0.717, 1.165) is 42.1 Å². The number of nitrogens with zero attached hydrogens (tertiary/aromatic N) is 2. The second kappa shape index (κ2) is 10.3. The van der Waals surface area contributed by atoms with Crippen LogP contribution in [0.2, 0.25) is 0 Å². The Morgan fingerprint density at radius 3 is 2.41 bits per heavy atom. The molecule has 3 aromatic rings. The third-order valence-electron chi connectivity index (χ3n) is 5.51. The number of hydrogen-bond acceptors (Lipinski definition) is 4. The number of rotatable bonds is 6. The van der Waals surface area contributed by atoms with E-state index in [4.69, 9.17) is 4.74 Å². The largest absolute Gasteiger partial charge is 0.372 e. The average molecular weight is 431 g/mol. The van der Waals surface area contributed by atoms with Crippen LogP contribution in [0.1, 0.15) is 30.5 Å². The molecular formula is C26H30N4O2. The van der Waals surface area contributed by atoms with Crippen LogP contribution in [0.4, 0.5) is 16.3 Å². The minimum absolute atomic E-state index is 0.190. The van der Waals surface area contributed by atoms with E-state index in [2.05, 4.69) is 46.5 Å². The van der Waals surface area contributed by atoms with E-state index in [-0.39, 0.29) is 18.2 Å². The SMILES string of the molecule is CC1CN(c2ccc(CNC(=O)Nc3ccccc3Cc3ccccc3)cn2)CC(C)O1. The molecule has 1 aliphatic heterocycles. The fraction of sp³-hybridized carbons (Fsp3) is 0.308. The lowest BCUT2D eigenvalue weighted by Crippen LogP contribution is -2.45. The quantitative estimate of drug-likeness (QED) is 0.599. The summed E-state index contributed by atoms with van der Waals surface area (Å²) >= 11 is 0. The number of nitrogens with one attached hydrogen (secondary N) is 2. The topological polar surface area (TPSA) is 66.5 Å². The van der Waals surface area contributed by atoms with Crippen LogP contribution in [-0.4, -0.2) is 36.3 Å². The highest BCUT2D eigenvalue weighted by molar-refractivity contribution is 5.90. The standard InChI is InChI=1S/C26H30N4O2/c1-19-17-30(18-20(2)32-19)25-13-12-22(15-27-25)16-28-26(31)29-24-11-7-6-10-23(24)14-21-8-4-3-5-9-21/h3-13,15,19-20H,14,16-18H2,1-2H3,(H2,28,29,31). The maximum Gasteiger partial charge on any atom is 0.319 e. The molecule has 0 radical (unpaired) electrons. The lowest BCUT2D eigenvalue weighted by atomic mass is 10.0. The minimum Gasteiger partial charge on any atom is -0.372 e. The third-order valence-corrected chi connectivity index (χ3v) is 5.51. The zero-order valence-electron chi connectivity index (χ0n) is 18.6. The molecule has 0 spiro atoms. The van der Waals surface area contributed by atoms with Crippen molar-refractivity contribution in [3.8, 4) is 0 Å². The lowest BCUT2D eigenvalue weighted by Gasteiger charge is -2.36. The number of amides is 2. The van der Waals surface area contributed by atoms with Gasteiger partial charge in [0.25, 0.3) is 0 Å². The molecule has 2 unspecified atom stereocenters. The van der Waals surface area contributed by atoms with Crippen LogP contribution in [0.25, 0.3) is 0 Å². The molecule has 6 nitrogen and oxygen atoms in total. The molecule has 2 heterocycles. The highest BCUT2D eigenvalue weighted by atomic mass is 16.5. The summed E-state index contributed by atoms with van der Waals surface area (Å²) in [4.78, 5) is 19.3. The van der Waals surface area contributed by atoms with E-state index in [1.165, 1.54) is 5.56 Å². The Hall–Kier alpha value is -3.38. The van der Waals surface area contributed by atoms with Gasteiger partial charge < -0.3 is 20.3 Å². The van der Waals surface area contributed by atoms with Crippen LogP contribution < -0.4 is 15.5 Å². The molecule has 1 saturated heterocycles.